The van der Waals surface area contributed by atoms with Gasteiger partial charge in [0.15, 0.2) is 0 Å². The Balaban J connectivity index is 2.29. The maximum atomic E-state index is 13.4. The molecule has 10 heteroatoms. The summed E-state index contributed by atoms with van der Waals surface area (Å²) in [5.41, 5.74) is -1.86. The minimum absolute atomic E-state index is 0.162. The van der Waals surface area contributed by atoms with Crippen LogP contribution < -0.4 is 11.2 Å². The van der Waals surface area contributed by atoms with Crippen LogP contribution in [0.2, 0.25) is 0 Å². The Labute approximate surface area is 201 Å². The second kappa shape index (κ2) is 9.18. The summed E-state index contributed by atoms with van der Waals surface area (Å²) in [5, 5.41) is 9.85. The van der Waals surface area contributed by atoms with Gasteiger partial charge < -0.3 is 9.84 Å². The first kappa shape index (κ1) is 24.2. The molecule has 3 rings (SSSR count). The van der Waals surface area contributed by atoms with Gasteiger partial charge in [-0.1, -0.05) is 12.1 Å². The van der Waals surface area contributed by atoms with E-state index in [-0.39, 0.29) is 23.4 Å². The largest absolute Gasteiger partial charge is 0.480 e. The topological polar surface area (TPSA) is 108 Å². The van der Waals surface area contributed by atoms with E-state index in [9.17, 15) is 24.3 Å². The Morgan fingerprint density at radius 2 is 1.81 bits per heavy atom. The molecule has 32 heavy (non-hydrogen) atoms. The Morgan fingerprint density at radius 1 is 1.19 bits per heavy atom. The molecule has 0 aliphatic carbocycles. The molecule has 0 saturated heterocycles. The zero-order valence-corrected chi connectivity index (χ0v) is 21.1. The Kier molecular flexibility index (Phi) is 6.94. The Morgan fingerprint density at radius 3 is 2.38 bits per heavy atom. The van der Waals surface area contributed by atoms with Crippen LogP contribution >= 0.6 is 33.9 Å². The normalized spacial score (nSPS) is 11.7. The monoisotopic (exact) mass is 570 g/mol. The average molecular weight is 570 g/mol. The first-order valence-corrected chi connectivity index (χ1v) is 11.8. The molecule has 3 aromatic rings. The van der Waals surface area contributed by atoms with Gasteiger partial charge in [0.2, 0.25) is 0 Å². The number of aryl methyl sites for hydroxylation is 3. The first-order chi connectivity index (χ1) is 15.0. The molecule has 2 aromatic heterocycles. The third-order valence-corrected chi connectivity index (χ3v) is 7.31. The Bertz CT molecular complexity index is 1320. The molecular weight excluding hydrogens is 547 g/mol. The molecule has 2 heterocycles. The van der Waals surface area contributed by atoms with E-state index in [1.165, 1.54) is 18.4 Å². The molecule has 0 aliphatic heterocycles. The highest BCUT2D eigenvalue weighted by Crippen LogP contribution is 2.29. The highest BCUT2D eigenvalue weighted by Gasteiger charge is 2.35. The lowest BCUT2D eigenvalue weighted by Crippen LogP contribution is -2.52. The SMILES string of the molecule is CCOC(=O)c1sc2c(c1C)c(=O)n(C(C)(C)C(=O)O)c(=O)n2CCc1ccc(I)cc1. The number of aromatic nitrogens is 2. The number of carboxylic acids is 1. The number of hydrogen-bond acceptors (Lipinski definition) is 6. The highest BCUT2D eigenvalue weighted by atomic mass is 127. The molecule has 170 valence electrons. The van der Waals surface area contributed by atoms with E-state index < -0.39 is 28.7 Å². The molecule has 0 aliphatic rings. The van der Waals surface area contributed by atoms with E-state index in [1.54, 1.807) is 13.8 Å². The molecular formula is C22H23IN2O6S. The van der Waals surface area contributed by atoms with Crippen LogP contribution in [0.3, 0.4) is 0 Å². The number of halogens is 1. The van der Waals surface area contributed by atoms with Crippen LogP contribution in [-0.2, 0) is 28.0 Å². The number of esters is 1. The fourth-order valence-electron chi connectivity index (χ4n) is 3.42. The number of ether oxygens (including phenoxy) is 1. The number of carbonyl (C=O) groups is 2. The van der Waals surface area contributed by atoms with Crippen molar-refractivity contribution in [1.29, 1.82) is 0 Å². The summed E-state index contributed by atoms with van der Waals surface area (Å²) >= 11 is 3.22. The van der Waals surface area contributed by atoms with Crippen LogP contribution in [0.1, 0.15) is 41.6 Å². The number of thiophene rings is 1. The predicted molar refractivity (Wildman–Crippen MR) is 131 cm³/mol. The van der Waals surface area contributed by atoms with Crippen molar-refractivity contribution in [3.05, 3.63) is 64.7 Å². The summed E-state index contributed by atoms with van der Waals surface area (Å²) in [4.78, 5) is 51.6. The van der Waals surface area contributed by atoms with Gasteiger partial charge in [-0.2, -0.15) is 0 Å². The van der Waals surface area contributed by atoms with E-state index >= 15 is 0 Å². The number of nitrogens with zero attached hydrogens (tertiary/aromatic N) is 2. The van der Waals surface area contributed by atoms with Crippen LogP contribution in [0.5, 0.6) is 0 Å². The number of carbonyl (C=O) groups excluding carboxylic acids is 1. The summed E-state index contributed by atoms with van der Waals surface area (Å²) < 4.78 is 8.34. The number of aliphatic carboxylic acids is 1. The fourth-order valence-corrected chi connectivity index (χ4v) is 4.99. The number of hydrogen-bond donors (Lipinski definition) is 1. The lowest BCUT2D eigenvalue weighted by atomic mass is 10.1. The van der Waals surface area contributed by atoms with Crippen molar-refractivity contribution in [2.45, 2.75) is 46.2 Å². The summed E-state index contributed by atoms with van der Waals surface area (Å²) in [7, 11) is 0. The number of carboxylic acid groups (broad SMARTS) is 1. The van der Waals surface area contributed by atoms with Crippen LogP contribution in [0.4, 0.5) is 0 Å². The van der Waals surface area contributed by atoms with Crippen molar-refractivity contribution in [2.75, 3.05) is 6.61 Å². The van der Waals surface area contributed by atoms with Gasteiger partial charge in [-0.25, -0.2) is 19.0 Å². The molecule has 0 unspecified atom stereocenters. The van der Waals surface area contributed by atoms with Gasteiger partial charge in [0, 0.05) is 10.1 Å². The third-order valence-electron chi connectivity index (χ3n) is 5.29. The second-order valence-electron chi connectivity index (χ2n) is 7.77. The molecule has 8 nitrogen and oxygen atoms in total. The van der Waals surface area contributed by atoms with Crippen molar-refractivity contribution in [3.63, 3.8) is 0 Å². The van der Waals surface area contributed by atoms with Crippen LogP contribution in [0.15, 0.2) is 33.9 Å². The summed E-state index contributed by atoms with van der Waals surface area (Å²) in [6, 6.07) is 7.81. The van der Waals surface area contributed by atoms with Crippen molar-refractivity contribution < 1.29 is 19.4 Å². The lowest BCUT2D eigenvalue weighted by Gasteiger charge is -2.23. The predicted octanol–water partition coefficient (Wildman–Crippen LogP) is 3.38. The molecule has 0 amide bonds. The van der Waals surface area contributed by atoms with E-state index in [1.807, 2.05) is 24.3 Å². The van der Waals surface area contributed by atoms with Crippen LogP contribution in [0, 0.1) is 10.5 Å². The maximum Gasteiger partial charge on any atom is 0.348 e. The van der Waals surface area contributed by atoms with Crippen molar-refractivity contribution >= 4 is 56.1 Å². The molecule has 0 fully saturated rings. The second-order valence-corrected chi connectivity index (χ2v) is 10.0. The van der Waals surface area contributed by atoms with Gasteiger partial charge in [-0.15, -0.1) is 11.3 Å². The van der Waals surface area contributed by atoms with Crippen molar-refractivity contribution in [1.82, 2.24) is 9.13 Å². The number of rotatable bonds is 7. The van der Waals surface area contributed by atoms with Crippen LogP contribution in [0.25, 0.3) is 10.2 Å². The Hall–Kier alpha value is -2.47. The lowest BCUT2D eigenvalue weighted by molar-refractivity contribution is -0.146. The van der Waals surface area contributed by atoms with E-state index in [2.05, 4.69) is 22.6 Å². The molecule has 0 spiro atoms. The van der Waals surface area contributed by atoms with Gasteiger partial charge in [0.05, 0.1) is 12.0 Å². The van der Waals surface area contributed by atoms with Gasteiger partial charge in [-0.3, -0.25) is 9.36 Å². The van der Waals surface area contributed by atoms with Gasteiger partial charge >= 0.3 is 17.6 Å². The zero-order chi connectivity index (χ0) is 23.8. The van der Waals surface area contributed by atoms with Crippen molar-refractivity contribution in [2.24, 2.45) is 0 Å². The first-order valence-electron chi connectivity index (χ1n) is 9.95. The molecule has 1 N–H and O–H groups in total. The summed E-state index contributed by atoms with van der Waals surface area (Å²) in [5.74, 6) is -1.88. The highest BCUT2D eigenvalue weighted by molar-refractivity contribution is 14.1. The number of fused-ring (bicyclic) bond motifs is 1. The standard InChI is InChI=1S/C22H23IN2O6S/c1-5-31-19(27)16-12(2)15-17(26)25(22(3,4)20(28)29)21(30)24(18(15)32-16)11-10-13-6-8-14(23)9-7-13/h6-9H,5,10-11H2,1-4H3,(H,28,29). The molecule has 0 radical (unpaired) electrons. The van der Waals surface area contributed by atoms with Gasteiger partial charge in [0.1, 0.15) is 15.2 Å². The van der Waals surface area contributed by atoms with E-state index in [0.29, 0.717) is 16.8 Å². The zero-order valence-electron chi connectivity index (χ0n) is 18.1. The maximum absolute atomic E-state index is 13.4. The smallest absolute Gasteiger partial charge is 0.348 e. The fraction of sp³-hybridized carbons (Fsp3) is 0.364. The third kappa shape index (κ3) is 4.25. The van der Waals surface area contributed by atoms with Crippen molar-refractivity contribution in [3.8, 4) is 0 Å². The minimum atomic E-state index is -1.77. The number of benzene rings is 1. The summed E-state index contributed by atoms with van der Waals surface area (Å²) in [6.45, 7) is 6.29. The quantitative estimate of drug-likeness (QED) is 0.345. The average Bonchev–Trinajstić information content (AvgIpc) is 3.06. The van der Waals surface area contributed by atoms with Gasteiger partial charge in [-0.05, 0) is 80.0 Å². The summed E-state index contributed by atoms with van der Waals surface area (Å²) in [6.07, 6.45) is 0.489. The molecule has 0 atom stereocenters. The van der Waals surface area contributed by atoms with E-state index in [4.69, 9.17) is 4.74 Å². The molecule has 0 saturated carbocycles. The van der Waals surface area contributed by atoms with Gasteiger partial charge in [0.25, 0.3) is 5.56 Å². The minimum Gasteiger partial charge on any atom is -0.480 e. The van der Waals surface area contributed by atoms with E-state index in [0.717, 1.165) is 25.0 Å². The van der Waals surface area contributed by atoms with Crippen LogP contribution in [-0.4, -0.2) is 32.8 Å². The molecule has 1 aromatic carbocycles. The molecule has 0 bridgehead atoms.